The van der Waals surface area contributed by atoms with Crippen LogP contribution in [0.2, 0.25) is 0 Å². The van der Waals surface area contributed by atoms with Gasteiger partial charge in [-0.05, 0) is 48.4 Å². The second-order valence-corrected chi connectivity index (χ2v) is 13.9. The van der Waals surface area contributed by atoms with Gasteiger partial charge in [0.1, 0.15) is 9.84 Å². The maximum Gasteiger partial charge on any atom is 0.225 e. The predicted molar refractivity (Wildman–Crippen MR) is 151 cm³/mol. The van der Waals surface area contributed by atoms with Gasteiger partial charge in [0.15, 0.2) is 0 Å². The molecule has 0 N–H and O–H groups in total. The van der Waals surface area contributed by atoms with Crippen LogP contribution in [0.3, 0.4) is 0 Å². The zero-order valence-corrected chi connectivity index (χ0v) is 23.5. The summed E-state index contributed by atoms with van der Waals surface area (Å²) in [7, 11) is -2.99. The number of rotatable bonds is 7. The van der Waals surface area contributed by atoms with Gasteiger partial charge in [-0.15, -0.1) is 0 Å². The lowest BCUT2D eigenvalue weighted by Gasteiger charge is -2.48. The van der Waals surface area contributed by atoms with Crippen molar-refractivity contribution in [2.24, 2.45) is 11.8 Å². The largest absolute Gasteiger partial charge is 0.379 e. The van der Waals surface area contributed by atoms with Gasteiger partial charge in [-0.2, -0.15) is 0 Å². The van der Waals surface area contributed by atoms with Crippen molar-refractivity contribution in [1.82, 2.24) is 15.0 Å². The van der Waals surface area contributed by atoms with Crippen LogP contribution >= 0.6 is 0 Å². The second-order valence-electron chi connectivity index (χ2n) is 11.7. The minimum atomic E-state index is -2.99. The Balaban J connectivity index is 1.28. The van der Waals surface area contributed by atoms with Gasteiger partial charge in [-0.25, -0.2) is 18.4 Å². The Bertz CT molecular complexity index is 1460. The van der Waals surface area contributed by atoms with Gasteiger partial charge in [0.05, 0.1) is 30.7 Å². The summed E-state index contributed by atoms with van der Waals surface area (Å²) in [6, 6.07) is 9.16. The van der Waals surface area contributed by atoms with Crippen LogP contribution in [0.5, 0.6) is 0 Å². The Morgan fingerprint density at radius 2 is 1.92 bits per heavy atom. The van der Waals surface area contributed by atoms with E-state index in [0.717, 1.165) is 61.1 Å². The highest BCUT2D eigenvalue weighted by molar-refractivity contribution is 7.90. The average Bonchev–Trinajstić information content (AvgIpc) is 3.49. The lowest BCUT2D eigenvalue weighted by Crippen LogP contribution is -2.57. The second kappa shape index (κ2) is 9.75. The number of fused-ring (bicyclic) bond motifs is 2. The number of hydrogen-bond donors (Lipinski definition) is 0. The van der Waals surface area contributed by atoms with E-state index in [2.05, 4.69) is 53.8 Å². The van der Waals surface area contributed by atoms with Crippen LogP contribution in [-0.2, 0) is 21.0 Å². The molecule has 38 heavy (non-hydrogen) atoms. The summed E-state index contributed by atoms with van der Waals surface area (Å²) in [4.78, 5) is 19.0. The summed E-state index contributed by atoms with van der Waals surface area (Å²) in [5, 5.41) is 2.33. The van der Waals surface area contributed by atoms with Crippen molar-refractivity contribution in [2.45, 2.75) is 51.6 Å². The first kappa shape index (κ1) is 25.5. The molecule has 3 saturated heterocycles. The molecule has 0 spiro atoms. The van der Waals surface area contributed by atoms with E-state index in [1.807, 2.05) is 18.5 Å². The van der Waals surface area contributed by atoms with E-state index in [1.165, 1.54) is 17.2 Å². The summed E-state index contributed by atoms with van der Waals surface area (Å²) in [6.07, 6.45) is 6.95. The van der Waals surface area contributed by atoms with Crippen molar-refractivity contribution in [2.75, 3.05) is 48.1 Å². The molecular formula is C29H37N5O3S. The monoisotopic (exact) mass is 535 g/mol. The Labute approximate surface area is 225 Å². The van der Waals surface area contributed by atoms with E-state index < -0.39 is 9.84 Å². The van der Waals surface area contributed by atoms with Crippen molar-refractivity contribution in [3.8, 4) is 0 Å². The molecule has 1 aromatic carbocycles. The molecule has 4 atom stereocenters. The van der Waals surface area contributed by atoms with Crippen LogP contribution in [0.15, 0.2) is 36.7 Å². The molecule has 0 saturated carbocycles. The number of anilines is 2. The van der Waals surface area contributed by atoms with Crippen LogP contribution < -0.4 is 9.80 Å². The summed E-state index contributed by atoms with van der Waals surface area (Å²) in [5.41, 5.74) is 4.37. The number of hydrogen-bond acceptors (Lipinski definition) is 8. The molecule has 2 aromatic heterocycles. The van der Waals surface area contributed by atoms with Crippen LogP contribution in [0.25, 0.3) is 10.8 Å². The molecule has 8 nitrogen and oxygen atoms in total. The highest BCUT2D eigenvalue weighted by Gasteiger charge is 2.40. The number of nitrogens with zero attached hydrogens (tertiary/aromatic N) is 5. The van der Waals surface area contributed by atoms with Gasteiger partial charge in [-0.3, -0.25) is 4.98 Å². The molecule has 202 valence electrons. The van der Waals surface area contributed by atoms with Gasteiger partial charge in [0.25, 0.3) is 0 Å². The van der Waals surface area contributed by atoms with E-state index >= 15 is 0 Å². The number of ether oxygens (including phenoxy) is 1. The fourth-order valence-electron chi connectivity index (χ4n) is 6.46. The quantitative estimate of drug-likeness (QED) is 0.451. The molecule has 9 heteroatoms. The summed E-state index contributed by atoms with van der Waals surface area (Å²) < 4.78 is 29.4. The van der Waals surface area contributed by atoms with Crippen LogP contribution in [-0.4, -0.2) is 73.8 Å². The molecule has 5 heterocycles. The van der Waals surface area contributed by atoms with Crippen molar-refractivity contribution in [3.63, 3.8) is 0 Å². The van der Waals surface area contributed by atoms with E-state index in [4.69, 9.17) is 14.7 Å². The third kappa shape index (κ3) is 4.75. The van der Waals surface area contributed by atoms with Gasteiger partial charge < -0.3 is 14.5 Å². The van der Waals surface area contributed by atoms with Crippen LogP contribution in [0.1, 0.15) is 50.1 Å². The smallest absolute Gasteiger partial charge is 0.225 e. The molecule has 3 aliphatic rings. The van der Waals surface area contributed by atoms with Crippen molar-refractivity contribution >= 4 is 32.2 Å². The molecular weight excluding hydrogens is 498 g/mol. The molecule has 3 aliphatic heterocycles. The maximum absolute atomic E-state index is 11.8. The number of sulfone groups is 1. The third-order valence-corrected chi connectivity index (χ3v) is 9.68. The molecule has 6 rings (SSSR count). The van der Waals surface area contributed by atoms with Gasteiger partial charge in [0, 0.05) is 72.8 Å². The van der Waals surface area contributed by atoms with Crippen molar-refractivity contribution in [3.05, 3.63) is 53.6 Å². The fraction of sp³-hybridized carbons (Fsp3) is 0.552. The van der Waals surface area contributed by atoms with Crippen molar-refractivity contribution < 1.29 is 13.2 Å². The molecule has 3 fully saturated rings. The minimum absolute atomic E-state index is 0.158. The first-order valence-corrected chi connectivity index (χ1v) is 15.8. The number of benzene rings is 1. The Hall–Kier alpha value is -2.78. The predicted octanol–water partition coefficient (Wildman–Crippen LogP) is 3.83. The Morgan fingerprint density at radius 3 is 2.68 bits per heavy atom. The summed E-state index contributed by atoms with van der Waals surface area (Å²) in [6.45, 7) is 9.89. The van der Waals surface area contributed by atoms with Crippen molar-refractivity contribution in [1.29, 1.82) is 0 Å². The zero-order valence-electron chi connectivity index (χ0n) is 22.7. The zero-order chi connectivity index (χ0) is 26.6. The van der Waals surface area contributed by atoms with Crippen LogP contribution in [0.4, 0.5) is 11.6 Å². The molecule has 3 aromatic rings. The summed E-state index contributed by atoms with van der Waals surface area (Å²) >= 11 is 0. The highest BCUT2D eigenvalue weighted by atomic mass is 32.2. The van der Waals surface area contributed by atoms with E-state index in [1.54, 1.807) is 0 Å². The number of aromatic nitrogens is 3. The molecule has 0 amide bonds. The standard InChI is InChI=1S/C29H37N5O3S/c1-18(2)24-5-6-27(34-14-21(19(34)3)17-38(4,35)36)26-13-31-23(12-25(24)26)11-22-7-9-30-29(32-22)33-10-8-20-15-37-16-28(20)33/h5-7,9,12-13,18-21,28H,8,10-11,14-17H2,1-4H3/t19-,20+,21-,28-/m1/s1. The Kier molecular flexibility index (Phi) is 6.54. The molecule has 0 aliphatic carbocycles. The van der Waals surface area contributed by atoms with E-state index in [0.29, 0.717) is 24.3 Å². The lowest BCUT2D eigenvalue weighted by atomic mass is 9.88. The fourth-order valence-corrected chi connectivity index (χ4v) is 7.62. The van der Waals surface area contributed by atoms with Gasteiger partial charge >= 0.3 is 0 Å². The SMILES string of the molecule is CC(C)c1ccc(N2C[C@H](CS(C)(=O)=O)[C@H]2C)c2cnc(Cc3ccnc(N4CC[C@H]5COC[C@H]54)n3)cc12. The molecule has 0 bridgehead atoms. The lowest BCUT2D eigenvalue weighted by molar-refractivity contribution is 0.179. The third-order valence-electron chi connectivity index (χ3n) is 8.65. The normalized spacial score (nSPS) is 25.3. The first-order chi connectivity index (χ1) is 18.2. The number of pyridine rings is 1. The first-order valence-electron chi connectivity index (χ1n) is 13.7. The Morgan fingerprint density at radius 1 is 1.08 bits per heavy atom. The highest BCUT2D eigenvalue weighted by Crippen LogP contribution is 2.39. The minimum Gasteiger partial charge on any atom is -0.379 e. The molecule has 0 unspecified atom stereocenters. The summed E-state index contributed by atoms with van der Waals surface area (Å²) in [5.74, 6) is 2.15. The van der Waals surface area contributed by atoms with E-state index in [9.17, 15) is 8.42 Å². The van der Waals surface area contributed by atoms with Crippen LogP contribution in [0, 0.1) is 11.8 Å². The molecule has 0 radical (unpaired) electrons. The van der Waals surface area contributed by atoms with E-state index in [-0.39, 0.29) is 17.7 Å². The topological polar surface area (TPSA) is 88.5 Å². The maximum atomic E-state index is 11.8. The van der Waals surface area contributed by atoms with Gasteiger partial charge in [-0.1, -0.05) is 19.9 Å². The average molecular weight is 536 g/mol. The van der Waals surface area contributed by atoms with Gasteiger partial charge in [0.2, 0.25) is 5.95 Å².